The first kappa shape index (κ1) is 12.6. The second kappa shape index (κ2) is 6.19. The lowest BCUT2D eigenvalue weighted by molar-refractivity contribution is -0.122. The number of nitrogens with zero attached hydrogens (tertiary/aromatic N) is 1. The van der Waals surface area contributed by atoms with E-state index in [-0.39, 0.29) is 18.3 Å². The zero-order chi connectivity index (χ0) is 12.0. The van der Waals surface area contributed by atoms with Gasteiger partial charge in [-0.25, -0.2) is 4.39 Å². The molecule has 1 aromatic rings. The molecule has 5 heteroatoms. The van der Waals surface area contributed by atoms with Crippen LogP contribution in [0.5, 0.6) is 0 Å². The van der Waals surface area contributed by atoms with E-state index in [4.69, 9.17) is 10.5 Å². The zero-order valence-electron chi connectivity index (χ0n) is 9.15. The maximum atomic E-state index is 12.9. The lowest BCUT2D eigenvalue weighted by Crippen LogP contribution is -2.30. The fourth-order valence-electron chi connectivity index (χ4n) is 1.17. The normalized spacial score (nSPS) is 10.2. The smallest absolute Gasteiger partial charge is 0.252 e. The Balaban J connectivity index is 2.56. The Labute approximate surface area is 93.8 Å². The molecule has 0 aliphatic carbocycles. The fraction of sp³-hybridized carbons (Fsp3) is 0.364. The summed E-state index contributed by atoms with van der Waals surface area (Å²) in [4.78, 5) is 12.9. The van der Waals surface area contributed by atoms with E-state index < -0.39 is 0 Å². The number of ether oxygens (including phenoxy) is 1. The lowest BCUT2D eigenvalue weighted by Gasteiger charge is -2.17. The van der Waals surface area contributed by atoms with Gasteiger partial charge in [0, 0.05) is 19.3 Å². The van der Waals surface area contributed by atoms with Crippen molar-refractivity contribution in [3.8, 4) is 0 Å². The van der Waals surface area contributed by atoms with Crippen molar-refractivity contribution in [3.05, 3.63) is 30.1 Å². The van der Waals surface area contributed by atoms with Gasteiger partial charge in [-0.15, -0.1) is 0 Å². The van der Waals surface area contributed by atoms with E-state index in [0.717, 1.165) is 0 Å². The third kappa shape index (κ3) is 3.60. The average molecular weight is 226 g/mol. The molecule has 4 nitrogen and oxygen atoms in total. The summed E-state index contributed by atoms with van der Waals surface area (Å²) in [6.45, 7) is 0.657. The number of anilines is 1. The van der Waals surface area contributed by atoms with Crippen LogP contribution in [0.25, 0.3) is 0 Å². The van der Waals surface area contributed by atoms with Crippen LogP contribution < -0.4 is 10.6 Å². The second-order valence-corrected chi connectivity index (χ2v) is 3.27. The minimum absolute atomic E-state index is 0.0514. The quantitative estimate of drug-likeness (QED) is 0.754. The van der Waals surface area contributed by atoms with Gasteiger partial charge in [-0.2, -0.15) is 0 Å². The SMILES string of the molecule is CN(C(=O)COCCN)c1cccc(F)c1. The zero-order valence-corrected chi connectivity index (χ0v) is 9.15. The van der Waals surface area contributed by atoms with Crippen LogP contribution in [0.15, 0.2) is 24.3 Å². The van der Waals surface area contributed by atoms with E-state index in [0.29, 0.717) is 18.8 Å². The van der Waals surface area contributed by atoms with Gasteiger partial charge >= 0.3 is 0 Å². The highest BCUT2D eigenvalue weighted by Gasteiger charge is 2.10. The molecule has 0 bridgehead atoms. The summed E-state index contributed by atoms with van der Waals surface area (Å²) in [6, 6.07) is 5.83. The predicted molar refractivity (Wildman–Crippen MR) is 59.7 cm³/mol. The van der Waals surface area contributed by atoms with Gasteiger partial charge in [0.1, 0.15) is 12.4 Å². The first-order valence-corrected chi connectivity index (χ1v) is 4.95. The fourth-order valence-corrected chi connectivity index (χ4v) is 1.17. The monoisotopic (exact) mass is 226 g/mol. The number of halogens is 1. The number of benzene rings is 1. The molecule has 0 radical (unpaired) electrons. The van der Waals surface area contributed by atoms with Gasteiger partial charge in [0.05, 0.1) is 6.61 Å². The van der Waals surface area contributed by atoms with Crippen molar-refractivity contribution in [2.75, 3.05) is 31.7 Å². The van der Waals surface area contributed by atoms with Gasteiger partial charge in [0.2, 0.25) is 0 Å². The molecule has 1 amide bonds. The number of nitrogens with two attached hydrogens (primary N) is 1. The Hall–Kier alpha value is -1.46. The maximum Gasteiger partial charge on any atom is 0.252 e. The van der Waals surface area contributed by atoms with E-state index in [9.17, 15) is 9.18 Å². The molecule has 0 atom stereocenters. The summed E-state index contributed by atoms with van der Waals surface area (Å²) in [6.07, 6.45) is 0. The minimum atomic E-state index is -0.375. The molecule has 0 saturated heterocycles. The van der Waals surface area contributed by atoms with Gasteiger partial charge in [-0.05, 0) is 18.2 Å². The van der Waals surface area contributed by atoms with Crippen molar-refractivity contribution >= 4 is 11.6 Å². The Morgan fingerprint density at radius 2 is 2.31 bits per heavy atom. The molecule has 0 aliphatic heterocycles. The van der Waals surface area contributed by atoms with E-state index in [1.165, 1.54) is 17.0 Å². The number of carbonyl (C=O) groups is 1. The van der Waals surface area contributed by atoms with E-state index in [1.807, 2.05) is 0 Å². The summed E-state index contributed by atoms with van der Waals surface area (Å²) in [5, 5.41) is 0. The largest absolute Gasteiger partial charge is 0.370 e. The first-order valence-electron chi connectivity index (χ1n) is 4.95. The molecule has 16 heavy (non-hydrogen) atoms. The molecule has 2 N–H and O–H groups in total. The Bertz CT molecular complexity index is 358. The Morgan fingerprint density at radius 1 is 1.56 bits per heavy atom. The second-order valence-electron chi connectivity index (χ2n) is 3.27. The molecule has 0 heterocycles. The van der Waals surface area contributed by atoms with Gasteiger partial charge in [0.25, 0.3) is 5.91 Å². The van der Waals surface area contributed by atoms with Crippen LogP contribution in [0.4, 0.5) is 10.1 Å². The molecule has 0 spiro atoms. The molecule has 0 saturated carbocycles. The number of hydrogen-bond acceptors (Lipinski definition) is 3. The lowest BCUT2D eigenvalue weighted by atomic mass is 10.3. The average Bonchev–Trinajstić information content (AvgIpc) is 2.28. The van der Waals surface area contributed by atoms with Crippen LogP contribution in [0, 0.1) is 5.82 Å². The standard InChI is InChI=1S/C11H15FN2O2/c1-14(11(15)8-16-6-5-13)10-4-2-3-9(12)7-10/h2-4,7H,5-6,8,13H2,1H3. The van der Waals surface area contributed by atoms with Crippen LogP contribution in [-0.4, -0.2) is 32.7 Å². The molecule has 0 fully saturated rings. The number of rotatable bonds is 5. The van der Waals surface area contributed by atoms with Crippen molar-refractivity contribution < 1.29 is 13.9 Å². The minimum Gasteiger partial charge on any atom is -0.370 e. The third-order valence-electron chi connectivity index (χ3n) is 2.06. The van der Waals surface area contributed by atoms with E-state index >= 15 is 0 Å². The summed E-state index contributed by atoms with van der Waals surface area (Å²) >= 11 is 0. The summed E-state index contributed by atoms with van der Waals surface area (Å²) in [7, 11) is 1.57. The highest BCUT2D eigenvalue weighted by atomic mass is 19.1. The molecular weight excluding hydrogens is 211 g/mol. The maximum absolute atomic E-state index is 12.9. The van der Waals surface area contributed by atoms with Gasteiger partial charge in [0.15, 0.2) is 0 Å². The molecule has 1 rings (SSSR count). The highest BCUT2D eigenvalue weighted by Crippen LogP contribution is 2.13. The Morgan fingerprint density at radius 3 is 2.94 bits per heavy atom. The summed E-state index contributed by atoms with van der Waals surface area (Å²) in [5.74, 6) is -0.612. The van der Waals surface area contributed by atoms with E-state index in [2.05, 4.69) is 0 Å². The number of amides is 1. The molecule has 0 aromatic heterocycles. The topological polar surface area (TPSA) is 55.6 Å². The highest BCUT2D eigenvalue weighted by molar-refractivity contribution is 5.93. The number of likely N-dealkylation sites (N-methyl/N-ethyl adjacent to an activating group) is 1. The van der Waals surface area contributed by atoms with Crippen LogP contribution in [0.2, 0.25) is 0 Å². The Kier molecular flexibility index (Phi) is 4.88. The van der Waals surface area contributed by atoms with Crippen LogP contribution in [0.1, 0.15) is 0 Å². The van der Waals surface area contributed by atoms with Crippen LogP contribution in [-0.2, 0) is 9.53 Å². The molecule has 0 unspecified atom stereocenters. The van der Waals surface area contributed by atoms with Crippen molar-refractivity contribution in [2.45, 2.75) is 0 Å². The number of carbonyl (C=O) groups excluding carboxylic acids is 1. The van der Waals surface area contributed by atoms with Gasteiger partial charge in [-0.1, -0.05) is 6.07 Å². The van der Waals surface area contributed by atoms with Gasteiger partial charge < -0.3 is 15.4 Å². The molecular formula is C11H15FN2O2. The number of hydrogen-bond donors (Lipinski definition) is 1. The van der Waals surface area contributed by atoms with Crippen LogP contribution in [0.3, 0.4) is 0 Å². The van der Waals surface area contributed by atoms with E-state index in [1.54, 1.807) is 19.2 Å². The first-order chi connectivity index (χ1) is 7.65. The van der Waals surface area contributed by atoms with Crippen molar-refractivity contribution in [3.63, 3.8) is 0 Å². The molecule has 0 aliphatic rings. The summed E-state index contributed by atoms with van der Waals surface area (Å²) < 4.78 is 17.9. The summed E-state index contributed by atoms with van der Waals surface area (Å²) in [5.41, 5.74) is 5.72. The van der Waals surface area contributed by atoms with Gasteiger partial charge in [-0.3, -0.25) is 4.79 Å². The van der Waals surface area contributed by atoms with Crippen LogP contribution >= 0.6 is 0 Å². The molecule has 1 aromatic carbocycles. The third-order valence-corrected chi connectivity index (χ3v) is 2.06. The van der Waals surface area contributed by atoms with Crippen molar-refractivity contribution in [2.24, 2.45) is 5.73 Å². The molecule has 88 valence electrons. The predicted octanol–water partition coefficient (Wildman–Crippen LogP) is 0.764. The van der Waals surface area contributed by atoms with Crippen molar-refractivity contribution in [1.82, 2.24) is 0 Å². The van der Waals surface area contributed by atoms with Crippen molar-refractivity contribution in [1.29, 1.82) is 0 Å².